The third kappa shape index (κ3) is 36.0. The van der Waals surface area contributed by atoms with Crippen molar-refractivity contribution in [3.63, 3.8) is 0 Å². The summed E-state index contributed by atoms with van der Waals surface area (Å²) in [6, 6.07) is 0. The van der Waals surface area contributed by atoms with Gasteiger partial charge in [0.05, 0.1) is 135 Å². The number of hydrogen-bond donors (Lipinski definition) is 1. The summed E-state index contributed by atoms with van der Waals surface area (Å²) in [5, 5.41) is 2.63. The summed E-state index contributed by atoms with van der Waals surface area (Å²) in [5.74, 6) is 0. The van der Waals surface area contributed by atoms with Crippen LogP contribution in [-0.2, 0) is 51.6 Å². The van der Waals surface area contributed by atoms with Gasteiger partial charge in [-0.05, 0) is 20.8 Å². The molecule has 0 saturated heterocycles. The number of alkyl carbamates (subject to hydrolysis) is 1. The van der Waals surface area contributed by atoms with Gasteiger partial charge in [0, 0.05) is 27.8 Å². The second kappa shape index (κ2) is 31.9. The van der Waals surface area contributed by atoms with E-state index < -0.39 is 11.7 Å². The van der Waals surface area contributed by atoms with Gasteiger partial charge < -0.3 is 56.9 Å². The summed E-state index contributed by atoms with van der Waals surface area (Å²) in [7, 11) is 1.30. The molecule has 0 spiro atoms. The Balaban J connectivity index is 3.09. The topological polar surface area (TPSA) is 131 Å². The van der Waals surface area contributed by atoms with E-state index >= 15 is 0 Å². The Kier molecular flexibility index (Phi) is 31.8. The van der Waals surface area contributed by atoms with E-state index in [1.54, 1.807) is 0 Å². The molecule has 0 atom stereocenters. The van der Waals surface area contributed by atoms with Crippen LogP contribution >= 0.6 is 30.4 Å². The van der Waals surface area contributed by atoms with Crippen molar-refractivity contribution in [1.82, 2.24) is 5.32 Å². The first-order valence-electron chi connectivity index (χ1n) is 13.5. The summed E-state index contributed by atoms with van der Waals surface area (Å²) >= 11 is 2.07. The van der Waals surface area contributed by atoms with E-state index in [1.807, 2.05) is 20.8 Å². The number of carbonyl (C=O) groups excluding carboxylic acids is 1. The molecule has 13 nitrogen and oxygen atoms in total. The highest BCUT2D eigenvalue weighted by Crippen LogP contribution is 2.11. The highest BCUT2D eigenvalue weighted by atomic mass is 127. The molecule has 0 saturated carbocycles. The van der Waals surface area contributed by atoms with Crippen LogP contribution in [0, 0.1) is 0 Å². The van der Waals surface area contributed by atoms with E-state index in [1.165, 1.54) is 9.21 Å². The minimum atomic E-state index is -0.508. The van der Waals surface area contributed by atoms with E-state index in [4.69, 9.17) is 51.6 Å². The van der Waals surface area contributed by atoms with Crippen LogP contribution in [0.5, 0.6) is 0 Å². The molecule has 0 aliphatic rings. The smallest absolute Gasteiger partial charge is 0.407 e. The average molecular weight is 716 g/mol. The Hall–Kier alpha value is -0.0500. The quantitative estimate of drug-likeness (QED) is 0.0642. The summed E-state index contributed by atoms with van der Waals surface area (Å²) in [6.45, 7) is 15.4. The number of carbonyl (C=O) groups is 1. The highest BCUT2D eigenvalue weighted by Gasteiger charge is 2.15. The van der Waals surface area contributed by atoms with E-state index in [-0.39, 0.29) is 0 Å². The fraction of sp³-hybridized carbons (Fsp3) is 0.960. The molecule has 0 aromatic heterocycles. The Labute approximate surface area is 255 Å². The van der Waals surface area contributed by atoms with Crippen molar-refractivity contribution in [1.29, 1.82) is 0 Å². The van der Waals surface area contributed by atoms with E-state index in [2.05, 4.69) is 26.5 Å². The van der Waals surface area contributed by atoms with Gasteiger partial charge in [-0.1, -0.05) is 0 Å². The molecule has 240 valence electrons. The number of rotatable bonds is 31. The number of halogens is 1. The third-order valence-corrected chi connectivity index (χ3v) is 5.26. The molecule has 0 aromatic carbocycles. The lowest BCUT2D eigenvalue weighted by Crippen LogP contribution is -2.34. The van der Waals surface area contributed by atoms with Gasteiger partial charge in [-0.2, -0.15) is 0 Å². The van der Waals surface area contributed by atoms with Crippen molar-refractivity contribution in [3.8, 4) is 0 Å². The highest BCUT2D eigenvalue weighted by molar-refractivity contribution is 14.2. The molecule has 0 unspecified atom stereocenters. The van der Waals surface area contributed by atoms with Gasteiger partial charge in [-0.25, -0.2) is 4.79 Å². The fourth-order valence-electron chi connectivity index (χ4n) is 2.53. The monoisotopic (exact) mass is 715 g/mol. The summed E-state index contributed by atoms with van der Waals surface area (Å²) in [6.07, 6.45) is -0.450. The van der Waals surface area contributed by atoms with Crippen LogP contribution in [0.25, 0.3) is 0 Å². The van der Waals surface area contributed by atoms with Crippen LogP contribution in [0.2, 0.25) is 0 Å². The number of nitrogens with one attached hydrogen (secondary N) is 1. The lowest BCUT2D eigenvalue weighted by molar-refractivity contribution is -0.0252. The average Bonchev–Trinajstić information content (AvgIpc) is 2.90. The molecule has 0 aromatic rings. The number of ether oxygens (including phenoxy) is 10. The van der Waals surface area contributed by atoms with Gasteiger partial charge in [0.1, 0.15) is 5.60 Å². The Bertz CT molecular complexity index is 535. The van der Waals surface area contributed by atoms with Crippen LogP contribution in [0.1, 0.15) is 20.8 Å². The first kappa shape index (κ1) is 40.0. The summed E-state index contributed by atoms with van der Waals surface area (Å²) < 4.78 is 59.0. The number of hydrogen-bond acceptors (Lipinski definition) is 13. The number of amides is 1. The van der Waals surface area contributed by atoms with Crippen molar-refractivity contribution >= 4 is 36.5 Å². The molecule has 1 amide bonds. The second-order valence-electron chi connectivity index (χ2n) is 8.82. The van der Waals surface area contributed by atoms with Crippen molar-refractivity contribution in [3.05, 3.63) is 0 Å². The van der Waals surface area contributed by atoms with Gasteiger partial charge in [0.2, 0.25) is 0 Å². The Morgan fingerprint density at radius 3 is 1.07 bits per heavy atom. The molecule has 0 rings (SSSR count). The van der Waals surface area contributed by atoms with Crippen LogP contribution in [0.4, 0.5) is 4.79 Å². The third-order valence-electron chi connectivity index (χ3n) is 4.25. The molecule has 40 heavy (non-hydrogen) atoms. The zero-order chi connectivity index (χ0) is 29.4. The molecule has 1 N–H and O–H groups in total. The van der Waals surface area contributed by atoms with Crippen molar-refractivity contribution in [2.24, 2.45) is 0 Å². The molecular weight excluding hydrogens is 665 g/mol. The van der Waals surface area contributed by atoms with Crippen LogP contribution in [-0.4, -0.2) is 144 Å². The van der Waals surface area contributed by atoms with Crippen LogP contribution in [0.15, 0.2) is 0 Å². The standard InChI is InChI=1S/C25H50INO12S/c1-25(2,3)39-24(28)27-4-5-29-6-7-30-8-9-31-10-11-32-12-13-33-14-15-34-16-17-35-18-19-36-20-21-37-22-23-38-40-26/h4-23H2,1-3H3,(H,27,28). The Morgan fingerprint density at radius 1 is 0.525 bits per heavy atom. The maximum Gasteiger partial charge on any atom is 0.407 e. The molecule has 0 fully saturated rings. The minimum Gasteiger partial charge on any atom is -0.444 e. The summed E-state index contributed by atoms with van der Waals surface area (Å²) in [4.78, 5) is 11.5. The Morgan fingerprint density at radius 2 is 0.800 bits per heavy atom. The molecule has 0 heterocycles. The van der Waals surface area contributed by atoms with E-state index in [0.29, 0.717) is 132 Å². The van der Waals surface area contributed by atoms with Crippen LogP contribution in [0.3, 0.4) is 0 Å². The molecule has 0 bridgehead atoms. The lowest BCUT2D eigenvalue weighted by Gasteiger charge is -2.19. The first-order valence-corrected chi connectivity index (χ1v) is 16.8. The van der Waals surface area contributed by atoms with Crippen molar-refractivity contribution in [2.45, 2.75) is 26.4 Å². The minimum absolute atomic E-state index is 0.386. The molecule has 15 heteroatoms. The van der Waals surface area contributed by atoms with E-state index in [9.17, 15) is 4.79 Å². The predicted octanol–water partition coefficient (Wildman–Crippen LogP) is 2.68. The summed E-state index contributed by atoms with van der Waals surface area (Å²) in [5.41, 5.74) is -0.508. The normalized spacial score (nSPS) is 11.7. The first-order chi connectivity index (χ1) is 19.5. The maximum atomic E-state index is 11.5. The molecule has 0 radical (unpaired) electrons. The van der Waals surface area contributed by atoms with Crippen LogP contribution < -0.4 is 5.32 Å². The van der Waals surface area contributed by atoms with Crippen molar-refractivity contribution < 1.29 is 56.3 Å². The fourth-order valence-corrected chi connectivity index (χ4v) is 3.20. The molecule has 0 aliphatic carbocycles. The molecular formula is C25H50INO12S. The zero-order valence-electron chi connectivity index (χ0n) is 24.3. The predicted molar refractivity (Wildman–Crippen MR) is 159 cm³/mol. The van der Waals surface area contributed by atoms with Gasteiger partial charge in [-0.15, -0.1) is 0 Å². The zero-order valence-corrected chi connectivity index (χ0v) is 27.3. The van der Waals surface area contributed by atoms with Gasteiger partial charge >= 0.3 is 6.09 Å². The van der Waals surface area contributed by atoms with Gasteiger partial charge in [-0.3, -0.25) is 0 Å². The SMILES string of the molecule is CC(C)(C)OC(=O)NCCOCCOCCOCCOCCOCCOCCOCCOCCOCCOSI. The second-order valence-corrected chi connectivity index (χ2v) is 10.3. The molecule has 0 aliphatic heterocycles. The van der Waals surface area contributed by atoms with Gasteiger partial charge in [0.15, 0.2) is 0 Å². The van der Waals surface area contributed by atoms with Crippen molar-refractivity contribution in [2.75, 3.05) is 132 Å². The largest absolute Gasteiger partial charge is 0.444 e. The van der Waals surface area contributed by atoms with Gasteiger partial charge in [0.25, 0.3) is 0 Å². The van der Waals surface area contributed by atoms with E-state index in [0.717, 1.165) is 0 Å². The maximum absolute atomic E-state index is 11.5. The lowest BCUT2D eigenvalue weighted by atomic mass is 10.2.